The first-order chi connectivity index (χ1) is 10.5. The maximum atomic E-state index is 12.1. The van der Waals surface area contributed by atoms with Crippen LogP contribution >= 0.6 is 0 Å². The first kappa shape index (κ1) is 19.6. The van der Waals surface area contributed by atoms with Crippen molar-refractivity contribution in [2.24, 2.45) is 0 Å². The summed E-state index contributed by atoms with van der Waals surface area (Å²) in [6.07, 6.45) is 1.18. The molecule has 0 spiro atoms. The minimum atomic E-state index is -2.01. The highest BCUT2D eigenvalue weighted by molar-refractivity contribution is 6.71. The summed E-state index contributed by atoms with van der Waals surface area (Å²) in [5, 5.41) is 0. The average molecular weight is 340 g/mol. The van der Waals surface area contributed by atoms with Gasteiger partial charge in [-0.05, 0) is 45.8 Å². The van der Waals surface area contributed by atoms with Gasteiger partial charge < -0.3 is 13.9 Å². The lowest BCUT2D eigenvalue weighted by atomic mass is 10.0. The lowest BCUT2D eigenvalue weighted by Crippen LogP contribution is -2.60. The molecule has 1 saturated heterocycles. The summed E-state index contributed by atoms with van der Waals surface area (Å²) in [4.78, 5) is 24.1. The Morgan fingerprint density at radius 3 is 2.26 bits per heavy atom. The van der Waals surface area contributed by atoms with Crippen molar-refractivity contribution in [2.45, 2.75) is 71.1 Å². The minimum Gasteiger partial charge on any atom is -0.452 e. The Labute approximate surface area is 139 Å². The second-order valence-electron chi connectivity index (χ2n) is 6.81. The van der Waals surface area contributed by atoms with Crippen LogP contribution < -0.4 is 0 Å². The Hall–Kier alpha value is -1.40. The molecular weight excluding hydrogens is 312 g/mol. The van der Waals surface area contributed by atoms with Crippen LogP contribution in [0, 0.1) is 0 Å². The molecule has 130 valence electrons. The molecule has 2 unspecified atom stereocenters. The Morgan fingerprint density at radius 1 is 1.22 bits per heavy atom. The van der Waals surface area contributed by atoms with Crippen LogP contribution in [-0.2, 0) is 23.5 Å². The van der Waals surface area contributed by atoms with Crippen LogP contribution in [0.4, 0.5) is 0 Å². The summed E-state index contributed by atoms with van der Waals surface area (Å²) in [7, 11) is -2.01. The molecule has 0 amide bonds. The van der Waals surface area contributed by atoms with Crippen LogP contribution in [0.1, 0.15) is 40.0 Å². The number of ether oxygens (including phenoxy) is 2. The van der Waals surface area contributed by atoms with Crippen LogP contribution in [0.2, 0.25) is 19.1 Å². The number of rotatable bonds is 6. The van der Waals surface area contributed by atoms with E-state index in [-0.39, 0.29) is 0 Å². The molecule has 1 aliphatic heterocycles. The molecule has 23 heavy (non-hydrogen) atoms. The lowest BCUT2D eigenvalue weighted by molar-refractivity contribution is -0.251. The standard InChI is InChI=1S/C17H28O5Si/c1-8-10-17(21-16(19)13(4)5)14(20-15(18)12(2)3)9-11-23(6,7)22-17/h14H,2,4,8-11H2,1,3,5-7H3. The van der Waals surface area contributed by atoms with Gasteiger partial charge in [-0.25, -0.2) is 9.59 Å². The summed E-state index contributed by atoms with van der Waals surface area (Å²) < 4.78 is 17.5. The second kappa shape index (κ2) is 7.44. The molecule has 0 radical (unpaired) electrons. The summed E-state index contributed by atoms with van der Waals surface area (Å²) in [6, 6.07) is 0.831. The molecule has 1 rings (SSSR count). The number of carbonyl (C=O) groups is 2. The average Bonchev–Trinajstić information content (AvgIpc) is 2.41. The highest BCUT2D eigenvalue weighted by Gasteiger charge is 2.53. The zero-order valence-corrected chi connectivity index (χ0v) is 15.9. The molecule has 5 nitrogen and oxygen atoms in total. The van der Waals surface area contributed by atoms with E-state index in [2.05, 4.69) is 26.3 Å². The summed E-state index contributed by atoms with van der Waals surface area (Å²) in [6.45, 7) is 16.5. The van der Waals surface area contributed by atoms with E-state index in [0.717, 1.165) is 12.5 Å². The summed E-state index contributed by atoms with van der Waals surface area (Å²) in [5.41, 5.74) is 0.600. The van der Waals surface area contributed by atoms with Crippen molar-refractivity contribution >= 4 is 20.3 Å². The van der Waals surface area contributed by atoms with Crippen molar-refractivity contribution in [1.29, 1.82) is 0 Å². The lowest BCUT2D eigenvalue weighted by Gasteiger charge is -2.47. The van der Waals surface area contributed by atoms with Gasteiger partial charge in [0.1, 0.15) is 0 Å². The van der Waals surface area contributed by atoms with Crippen LogP contribution in [0.15, 0.2) is 24.3 Å². The molecule has 0 bridgehead atoms. The molecule has 1 fully saturated rings. The minimum absolute atomic E-state index is 0.291. The molecule has 0 aliphatic carbocycles. The van der Waals surface area contributed by atoms with E-state index in [0.29, 0.717) is 24.0 Å². The maximum absolute atomic E-state index is 12.1. The Balaban J connectivity index is 3.16. The largest absolute Gasteiger partial charge is 0.452 e. The fraction of sp³-hybridized carbons (Fsp3) is 0.647. The zero-order chi connectivity index (χ0) is 17.8. The van der Waals surface area contributed by atoms with Gasteiger partial charge in [-0.2, -0.15) is 0 Å². The predicted octanol–water partition coefficient (Wildman–Crippen LogP) is 3.72. The van der Waals surface area contributed by atoms with Gasteiger partial charge in [0, 0.05) is 17.6 Å². The van der Waals surface area contributed by atoms with Gasteiger partial charge >= 0.3 is 11.9 Å². The van der Waals surface area contributed by atoms with Crippen molar-refractivity contribution < 1.29 is 23.5 Å². The monoisotopic (exact) mass is 340 g/mol. The topological polar surface area (TPSA) is 61.8 Å². The number of esters is 2. The van der Waals surface area contributed by atoms with Crippen LogP contribution in [-0.4, -0.2) is 32.1 Å². The fourth-order valence-corrected chi connectivity index (χ4v) is 4.87. The van der Waals surface area contributed by atoms with E-state index >= 15 is 0 Å². The number of hydrogen-bond donors (Lipinski definition) is 0. The Morgan fingerprint density at radius 2 is 1.78 bits per heavy atom. The molecular formula is C17H28O5Si. The van der Waals surface area contributed by atoms with Gasteiger partial charge in [0.25, 0.3) is 0 Å². The highest BCUT2D eigenvalue weighted by atomic mass is 28.4. The van der Waals surface area contributed by atoms with Crippen molar-refractivity contribution in [3.63, 3.8) is 0 Å². The van der Waals surface area contributed by atoms with E-state index in [9.17, 15) is 9.59 Å². The molecule has 6 heteroatoms. The molecule has 0 saturated carbocycles. The van der Waals surface area contributed by atoms with Crippen molar-refractivity contribution in [3.8, 4) is 0 Å². The first-order valence-electron chi connectivity index (χ1n) is 7.98. The molecule has 0 aromatic rings. The van der Waals surface area contributed by atoms with Crippen molar-refractivity contribution in [3.05, 3.63) is 24.3 Å². The third-order valence-electron chi connectivity index (χ3n) is 3.76. The summed E-state index contributed by atoms with van der Waals surface area (Å²) in [5.74, 6) is -2.25. The Kier molecular flexibility index (Phi) is 6.36. The second-order valence-corrected chi connectivity index (χ2v) is 11.0. The maximum Gasteiger partial charge on any atom is 0.335 e. The van der Waals surface area contributed by atoms with Gasteiger partial charge in [-0.1, -0.05) is 20.1 Å². The van der Waals surface area contributed by atoms with Crippen LogP contribution in [0.5, 0.6) is 0 Å². The smallest absolute Gasteiger partial charge is 0.335 e. The van der Waals surface area contributed by atoms with E-state index in [1.54, 1.807) is 13.8 Å². The molecule has 2 atom stereocenters. The normalized spacial score (nSPS) is 26.2. The highest BCUT2D eigenvalue weighted by Crippen LogP contribution is 2.40. The van der Waals surface area contributed by atoms with Crippen LogP contribution in [0.25, 0.3) is 0 Å². The van der Waals surface area contributed by atoms with Gasteiger partial charge in [0.05, 0.1) is 0 Å². The third kappa shape index (κ3) is 5.04. The quantitative estimate of drug-likeness (QED) is 0.419. The van der Waals surface area contributed by atoms with Crippen molar-refractivity contribution in [1.82, 2.24) is 0 Å². The van der Waals surface area contributed by atoms with Crippen molar-refractivity contribution in [2.75, 3.05) is 0 Å². The molecule has 1 heterocycles. The molecule has 0 N–H and O–H groups in total. The predicted molar refractivity (Wildman–Crippen MR) is 91.2 cm³/mol. The molecule has 0 aromatic carbocycles. The molecule has 1 aliphatic rings. The van der Waals surface area contributed by atoms with Crippen LogP contribution in [0.3, 0.4) is 0 Å². The fourth-order valence-electron chi connectivity index (χ4n) is 2.60. The van der Waals surface area contributed by atoms with E-state index in [4.69, 9.17) is 13.9 Å². The molecule has 0 aromatic heterocycles. The van der Waals surface area contributed by atoms with Gasteiger partial charge in [-0.15, -0.1) is 0 Å². The first-order valence-corrected chi connectivity index (χ1v) is 11.1. The van der Waals surface area contributed by atoms with Gasteiger partial charge in [0.2, 0.25) is 5.79 Å². The van der Waals surface area contributed by atoms with E-state index < -0.39 is 32.1 Å². The third-order valence-corrected chi connectivity index (χ3v) is 6.15. The van der Waals surface area contributed by atoms with Gasteiger partial charge in [-0.3, -0.25) is 0 Å². The summed E-state index contributed by atoms with van der Waals surface area (Å²) >= 11 is 0. The van der Waals surface area contributed by atoms with E-state index in [1.807, 2.05) is 6.92 Å². The van der Waals surface area contributed by atoms with E-state index in [1.165, 1.54) is 0 Å². The Bertz CT molecular complexity index is 511. The SMILES string of the molecule is C=C(C)C(=O)OC1CC[Si](C)(C)OC1(CCC)OC(=O)C(=C)C. The number of hydrogen-bond acceptors (Lipinski definition) is 5. The number of carbonyl (C=O) groups excluding carboxylic acids is 2. The van der Waals surface area contributed by atoms with Gasteiger partial charge in [0.15, 0.2) is 14.4 Å². The zero-order valence-electron chi connectivity index (χ0n) is 14.9.